The smallest absolute Gasteiger partial charge is 0.224 e. The van der Waals surface area contributed by atoms with Gasteiger partial charge in [0.25, 0.3) is 0 Å². The Balaban J connectivity index is 2.39. The highest BCUT2D eigenvalue weighted by atomic mass is 16.2. The van der Waals surface area contributed by atoms with Gasteiger partial charge >= 0.3 is 0 Å². The van der Waals surface area contributed by atoms with E-state index in [1.54, 1.807) is 0 Å². The number of carbonyl (C=O) groups excluding carboxylic acids is 1. The van der Waals surface area contributed by atoms with Crippen molar-refractivity contribution in [2.75, 3.05) is 13.1 Å². The molecule has 1 rings (SSSR count). The van der Waals surface area contributed by atoms with Crippen LogP contribution in [-0.4, -0.2) is 24.5 Å². The van der Waals surface area contributed by atoms with Crippen molar-refractivity contribution in [3.63, 3.8) is 0 Å². The first-order valence-electron chi connectivity index (χ1n) is 6.08. The summed E-state index contributed by atoms with van der Waals surface area (Å²) in [4.78, 5) is 11.9. The molecule has 2 N–H and O–H groups in total. The Morgan fingerprint density at radius 1 is 1.53 bits per heavy atom. The largest absolute Gasteiger partial charge is 0.351 e. The van der Waals surface area contributed by atoms with Gasteiger partial charge in [0.05, 0.1) is 5.92 Å². The monoisotopic (exact) mass is 212 g/mol. The lowest BCUT2D eigenvalue weighted by Crippen LogP contribution is -2.49. The minimum Gasteiger partial charge on any atom is -0.351 e. The van der Waals surface area contributed by atoms with Crippen molar-refractivity contribution in [2.24, 2.45) is 5.92 Å². The average Bonchev–Trinajstić information content (AvgIpc) is 2.18. The molecule has 0 spiro atoms. The predicted molar refractivity (Wildman–Crippen MR) is 62.7 cm³/mol. The first kappa shape index (κ1) is 12.5. The van der Waals surface area contributed by atoms with E-state index in [9.17, 15) is 4.79 Å². The summed E-state index contributed by atoms with van der Waals surface area (Å²) in [6.45, 7) is 8.25. The van der Waals surface area contributed by atoms with E-state index in [2.05, 4.69) is 31.4 Å². The normalized spacial score (nSPS) is 22.5. The Morgan fingerprint density at radius 3 is 2.80 bits per heavy atom. The van der Waals surface area contributed by atoms with Crippen LogP contribution in [0.25, 0.3) is 0 Å². The molecule has 0 aromatic rings. The first-order valence-corrected chi connectivity index (χ1v) is 6.08. The van der Waals surface area contributed by atoms with Crippen molar-refractivity contribution < 1.29 is 4.79 Å². The summed E-state index contributed by atoms with van der Waals surface area (Å²) in [5.41, 5.74) is -0.0523. The van der Waals surface area contributed by atoms with E-state index in [1.165, 1.54) is 0 Å². The lowest BCUT2D eigenvalue weighted by Gasteiger charge is -2.30. The Morgan fingerprint density at radius 2 is 2.27 bits per heavy atom. The lowest BCUT2D eigenvalue weighted by molar-refractivity contribution is -0.127. The summed E-state index contributed by atoms with van der Waals surface area (Å²) in [5, 5.41) is 6.42. The summed E-state index contributed by atoms with van der Waals surface area (Å²) < 4.78 is 0. The molecule has 3 nitrogen and oxygen atoms in total. The molecule has 1 aliphatic rings. The van der Waals surface area contributed by atoms with Crippen LogP contribution >= 0.6 is 0 Å². The molecule has 1 heterocycles. The lowest BCUT2D eigenvalue weighted by atomic mass is 9.94. The van der Waals surface area contributed by atoms with Crippen LogP contribution in [0.4, 0.5) is 0 Å². The molecule has 3 heteroatoms. The molecular weight excluding hydrogens is 188 g/mol. The van der Waals surface area contributed by atoms with Crippen LogP contribution < -0.4 is 10.6 Å². The van der Waals surface area contributed by atoms with E-state index in [0.29, 0.717) is 0 Å². The quantitative estimate of drug-likeness (QED) is 0.744. The molecule has 0 aromatic carbocycles. The molecule has 15 heavy (non-hydrogen) atoms. The fourth-order valence-corrected chi connectivity index (χ4v) is 2.20. The fraction of sp³-hybridized carbons (Fsp3) is 0.917. The van der Waals surface area contributed by atoms with E-state index in [-0.39, 0.29) is 17.4 Å². The highest BCUT2D eigenvalue weighted by Crippen LogP contribution is 2.15. The Labute approximate surface area is 93.0 Å². The van der Waals surface area contributed by atoms with E-state index < -0.39 is 0 Å². The van der Waals surface area contributed by atoms with Crippen LogP contribution in [-0.2, 0) is 4.79 Å². The standard InChI is InChI=1S/C12H24N2O/c1-4-7-12(2,3)14-11(15)10-6-5-8-13-9-10/h10,13H,4-9H2,1-3H3,(H,14,15)/t10-/m1/s1. The van der Waals surface area contributed by atoms with E-state index in [1.807, 2.05) is 0 Å². The number of rotatable bonds is 4. The number of carbonyl (C=O) groups is 1. The molecule has 0 bridgehead atoms. The van der Waals surface area contributed by atoms with Gasteiger partial charge in [0.2, 0.25) is 5.91 Å². The second kappa shape index (κ2) is 5.50. The number of hydrogen-bond donors (Lipinski definition) is 2. The van der Waals surface area contributed by atoms with Gasteiger partial charge in [0.1, 0.15) is 0 Å². The summed E-state index contributed by atoms with van der Waals surface area (Å²) >= 11 is 0. The van der Waals surface area contributed by atoms with Crippen molar-refractivity contribution in [1.82, 2.24) is 10.6 Å². The van der Waals surface area contributed by atoms with Gasteiger partial charge in [0.15, 0.2) is 0 Å². The summed E-state index contributed by atoms with van der Waals surface area (Å²) in [5.74, 6) is 0.399. The topological polar surface area (TPSA) is 41.1 Å². The van der Waals surface area contributed by atoms with Gasteiger partial charge in [-0.15, -0.1) is 0 Å². The third-order valence-electron chi connectivity index (χ3n) is 3.00. The molecule has 1 fully saturated rings. The second-order valence-corrected chi connectivity index (χ2v) is 5.17. The van der Waals surface area contributed by atoms with E-state index in [0.717, 1.165) is 38.8 Å². The SMILES string of the molecule is CCCC(C)(C)NC(=O)[C@@H]1CCCNC1. The van der Waals surface area contributed by atoms with Crippen LogP contribution in [0.3, 0.4) is 0 Å². The van der Waals surface area contributed by atoms with Crippen molar-refractivity contribution in [1.29, 1.82) is 0 Å². The minimum atomic E-state index is -0.0523. The fourth-order valence-electron chi connectivity index (χ4n) is 2.20. The predicted octanol–water partition coefficient (Wildman–Crippen LogP) is 1.68. The summed E-state index contributed by atoms with van der Waals surface area (Å²) in [6, 6.07) is 0. The van der Waals surface area contributed by atoms with Crippen LogP contribution in [0.1, 0.15) is 46.5 Å². The Bertz CT molecular complexity index is 208. The van der Waals surface area contributed by atoms with Crippen molar-refractivity contribution in [3.8, 4) is 0 Å². The minimum absolute atomic E-state index is 0.0523. The molecular formula is C12H24N2O. The highest BCUT2D eigenvalue weighted by molar-refractivity contribution is 5.79. The van der Waals surface area contributed by atoms with Gasteiger partial charge in [-0.2, -0.15) is 0 Å². The zero-order valence-corrected chi connectivity index (χ0v) is 10.2. The molecule has 1 aliphatic heterocycles. The van der Waals surface area contributed by atoms with Gasteiger partial charge in [0, 0.05) is 12.1 Å². The van der Waals surface area contributed by atoms with Gasteiger partial charge in [-0.1, -0.05) is 13.3 Å². The zero-order valence-electron chi connectivity index (χ0n) is 10.2. The van der Waals surface area contributed by atoms with Crippen LogP contribution in [0.15, 0.2) is 0 Å². The van der Waals surface area contributed by atoms with Crippen LogP contribution in [0.2, 0.25) is 0 Å². The highest BCUT2D eigenvalue weighted by Gasteiger charge is 2.26. The average molecular weight is 212 g/mol. The molecule has 1 amide bonds. The third-order valence-corrected chi connectivity index (χ3v) is 3.00. The first-order chi connectivity index (χ1) is 7.05. The summed E-state index contributed by atoms with van der Waals surface area (Å²) in [6.07, 6.45) is 4.29. The maximum Gasteiger partial charge on any atom is 0.224 e. The molecule has 0 saturated carbocycles. The zero-order chi connectivity index (χ0) is 11.3. The van der Waals surface area contributed by atoms with Crippen LogP contribution in [0, 0.1) is 5.92 Å². The van der Waals surface area contributed by atoms with E-state index >= 15 is 0 Å². The van der Waals surface area contributed by atoms with Gasteiger partial charge in [-0.25, -0.2) is 0 Å². The molecule has 0 aromatic heterocycles. The van der Waals surface area contributed by atoms with Gasteiger partial charge in [-0.05, 0) is 39.7 Å². The van der Waals surface area contributed by atoms with Crippen molar-refractivity contribution in [3.05, 3.63) is 0 Å². The number of hydrogen-bond acceptors (Lipinski definition) is 2. The number of amides is 1. The van der Waals surface area contributed by atoms with Gasteiger partial charge in [-0.3, -0.25) is 4.79 Å². The third kappa shape index (κ3) is 4.20. The second-order valence-electron chi connectivity index (χ2n) is 5.17. The molecule has 88 valence electrons. The molecule has 1 saturated heterocycles. The number of nitrogens with one attached hydrogen (secondary N) is 2. The van der Waals surface area contributed by atoms with Crippen molar-refractivity contribution in [2.45, 2.75) is 52.0 Å². The molecule has 0 unspecified atom stereocenters. The maximum absolute atomic E-state index is 11.9. The molecule has 0 aliphatic carbocycles. The van der Waals surface area contributed by atoms with Crippen molar-refractivity contribution >= 4 is 5.91 Å². The number of piperidine rings is 1. The Hall–Kier alpha value is -0.570. The summed E-state index contributed by atoms with van der Waals surface area (Å²) in [7, 11) is 0. The molecule has 0 radical (unpaired) electrons. The molecule has 1 atom stereocenters. The van der Waals surface area contributed by atoms with Gasteiger partial charge < -0.3 is 10.6 Å². The maximum atomic E-state index is 11.9. The van der Waals surface area contributed by atoms with E-state index in [4.69, 9.17) is 0 Å². The van der Waals surface area contributed by atoms with Crippen LogP contribution in [0.5, 0.6) is 0 Å². The Kier molecular flexibility index (Phi) is 4.58.